The zero-order valence-corrected chi connectivity index (χ0v) is 13.0. The molecule has 1 heterocycles. The van der Waals surface area contributed by atoms with Gasteiger partial charge in [0.2, 0.25) is 0 Å². The molecule has 0 aliphatic rings. The van der Waals surface area contributed by atoms with Gasteiger partial charge in [-0.15, -0.1) is 0 Å². The minimum atomic E-state index is -0.444. The largest absolute Gasteiger partial charge is 0.445 e. The van der Waals surface area contributed by atoms with Gasteiger partial charge in [-0.2, -0.15) is 0 Å². The van der Waals surface area contributed by atoms with Crippen molar-refractivity contribution in [1.29, 1.82) is 0 Å². The first-order chi connectivity index (χ1) is 11.1. The number of carbonyl (C=O) groups is 1. The number of pyridine rings is 1. The third kappa shape index (κ3) is 5.71. The first-order valence-corrected chi connectivity index (χ1v) is 7.31. The molecular weight excluding hydrogens is 290 g/mol. The van der Waals surface area contributed by atoms with Crippen molar-refractivity contribution in [1.82, 2.24) is 10.3 Å². The Hall–Kier alpha value is -3.00. The molecule has 0 atom stereocenters. The van der Waals surface area contributed by atoms with Crippen molar-refractivity contribution in [3.63, 3.8) is 0 Å². The fourth-order valence-corrected chi connectivity index (χ4v) is 1.87. The molecule has 0 aliphatic heterocycles. The lowest BCUT2D eigenvalue weighted by atomic mass is 10.2. The Morgan fingerprint density at radius 2 is 2.04 bits per heavy atom. The molecule has 5 heteroatoms. The topological polar surface area (TPSA) is 77.2 Å². The fraction of sp³-hybridized carbons (Fsp3) is 0.222. The molecular formula is C18H19N3O2. The van der Waals surface area contributed by atoms with E-state index >= 15 is 0 Å². The number of hydrogen-bond donors (Lipinski definition) is 2. The van der Waals surface area contributed by atoms with Crippen LogP contribution in [0.3, 0.4) is 0 Å². The Kier molecular flexibility index (Phi) is 6.01. The number of amides is 1. The Labute approximate surface area is 135 Å². The van der Waals surface area contributed by atoms with Gasteiger partial charge in [0, 0.05) is 18.5 Å². The lowest BCUT2D eigenvalue weighted by Crippen LogP contribution is -2.24. The highest BCUT2D eigenvalue weighted by atomic mass is 16.5. The van der Waals surface area contributed by atoms with Gasteiger partial charge < -0.3 is 15.8 Å². The number of hydrogen-bond acceptors (Lipinski definition) is 4. The summed E-state index contributed by atoms with van der Waals surface area (Å²) in [5.41, 5.74) is 8.18. The second-order valence-corrected chi connectivity index (χ2v) is 4.91. The first-order valence-electron chi connectivity index (χ1n) is 7.31. The second-order valence-electron chi connectivity index (χ2n) is 4.91. The highest BCUT2D eigenvalue weighted by Gasteiger charge is 2.01. The van der Waals surface area contributed by atoms with Crippen LogP contribution in [0.25, 0.3) is 0 Å². The third-order valence-corrected chi connectivity index (χ3v) is 3.06. The van der Waals surface area contributed by atoms with Gasteiger partial charge >= 0.3 is 6.09 Å². The Morgan fingerprint density at radius 1 is 1.26 bits per heavy atom. The van der Waals surface area contributed by atoms with Crippen molar-refractivity contribution in [3.8, 4) is 11.8 Å². The van der Waals surface area contributed by atoms with E-state index in [1.807, 2.05) is 43.3 Å². The smallest absolute Gasteiger partial charge is 0.407 e. The Balaban J connectivity index is 1.69. The molecule has 23 heavy (non-hydrogen) atoms. The maximum absolute atomic E-state index is 11.5. The minimum absolute atomic E-state index is 0.259. The summed E-state index contributed by atoms with van der Waals surface area (Å²) < 4.78 is 5.10. The average molecular weight is 309 g/mol. The van der Waals surface area contributed by atoms with Crippen LogP contribution in [0, 0.1) is 18.8 Å². The number of nitrogens with two attached hydrogens (primary N) is 1. The summed E-state index contributed by atoms with van der Waals surface area (Å²) in [5, 5.41) is 2.66. The van der Waals surface area contributed by atoms with Crippen LogP contribution in [-0.2, 0) is 11.3 Å². The van der Waals surface area contributed by atoms with Gasteiger partial charge in [0.05, 0.1) is 5.69 Å². The zero-order chi connectivity index (χ0) is 16.5. The van der Waals surface area contributed by atoms with E-state index in [1.54, 1.807) is 6.07 Å². The quantitative estimate of drug-likeness (QED) is 0.672. The molecule has 118 valence electrons. The average Bonchev–Trinajstić information content (AvgIpc) is 2.55. The van der Waals surface area contributed by atoms with Gasteiger partial charge in [-0.1, -0.05) is 42.2 Å². The number of nitrogens with one attached hydrogen (secondary N) is 1. The zero-order valence-electron chi connectivity index (χ0n) is 13.0. The number of aromatic nitrogens is 1. The molecule has 1 amide bonds. The molecule has 3 N–H and O–H groups in total. The van der Waals surface area contributed by atoms with E-state index in [2.05, 4.69) is 22.1 Å². The predicted molar refractivity (Wildman–Crippen MR) is 89.5 cm³/mol. The Morgan fingerprint density at radius 3 is 2.78 bits per heavy atom. The number of ether oxygens (including phenoxy) is 1. The van der Waals surface area contributed by atoms with E-state index in [4.69, 9.17) is 10.5 Å². The number of benzene rings is 1. The summed E-state index contributed by atoms with van der Waals surface area (Å²) in [4.78, 5) is 15.7. The monoisotopic (exact) mass is 309 g/mol. The van der Waals surface area contributed by atoms with Crippen LogP contribution >= 0.6 is 0 Å². The molecule has 0 saturated heterocycles. The minimum Gasteiger partial charge on any atom is -0.445 e. The standard InChI is InChI=1S/C18H19N3O2/c1-14-16(10-11-17(19)21-14)9-5-6-12-20-18(22)23-13-15-7-3-2-4-8-15/h2-4,7-8,10-11H,6,12-13H2,1H3,(H2,19,21)(H,20,22). The summed E-state index contributed by atoms with van der Waals surface area (Å²) in [5.74, 6) is 6.48. The van der Waals surface area contributed by atoms with E-state index in [-0.39, 0.29) is 6.61 Å². The molecule has 0 radical (unpaired) electrons. The van der Waals surface area contributed by atoms with Crippen LogP contribution in [-0.4, -0.2) is 17.6 Å². The lowest BCUT2D eigenvalue weighted by Gasteiger charge is -2.05. The van der Waals surface area contributed by atoms with E-state index in [9.17, 15) is 4.79 Å². The summed E-state index contributed by atoms with van der Waals surface area (Å²) in [6.45, 7) is 2.55. The highest BCUT2D eigenvalue weighted by molar-refractivity contribution is 5.67. The molecule has 1 aromatic carbocycles. The number of rotatable bonds is 4. The van der Waals surface area contributed by atoms with Gasteiger partial charge in [0.25, 0.3) is 0 Å². The Bertz CT molecular complexity index is 718. The lowest BCUT2D eigenvalue weighted by molar-refractivity contribution is 0.140. The van der Waals surface area contributed by atoms with Gasteiger partial charge in [0.15, 0.2) is 0 Å². The van der Waals surface area contributed by atoms with Crippen molar-refractivity contribution in [3.05, 3.63) is 59.3 Å². The van der Waals surface area contributed by atoms with E-state index in [0.29, 0.717) is 18.8 Å². The number of nitrogen functional groups attached to an aromatic ring is 1. The number of alkyl carbamates (subject to hydrolysis) is 1. The van der Waals surface area contributed by atoms with Crippen molar-refractivity contribution >= 4 is 11.9 Å². The van der Waals surface area contributed by atoms with Gasteiger partial charge in [-0.3, -0.25) is 0 Å². The van der Waals surface area contributed by atoms with Crippen LogP contribution in [0.2, 0.25) is 0 Å². The molecule has 0 fully saturated rings. The third-order valence-electron chi connectivity index (χ3n) is 3.06. The summed E-state index contributed by atoms with van der Waals surface area (Å²) in [6.07, 6.45) is 0.0885. The van der Waals surface area contributed by atoms with Gasteiger partial charge in [-0.25, -0.2) is 9.78 Å². The van der Waals surface area contributed by atoms with Crippen molar-refractivity contribution in [2.45, 2.75) is 20.0 Å². The molecule has 2 aromatic rings. The van der Waals surface area contributed by atoms with Crippen LogP contribution in [0.4, 0.5) is 10.6 Å². The highest BCUT2D eigenvalue weighted by Crippen LogP contribution is 2.06. The first kappa shape index (κ1) is 16.4. The van der Waals surface area contributed by atoms with Crippen molar-refractivity contribution in [2.24, 2.45) is 0 Å². The van der Waals surface area contributed by atoms with E-state index in [1.165, 1.54) is 0 Å². The number of anilines is 1. The van der Waals surface area contributed by atoms with Gasteiger partial charge in [-0.05, 0) is 24.6 Å². The molecule has 2 rings (SSSR count). The molecule has 0 bridgehead atoms. The van der Waals surface area contributed by atoms with E-state index in [0.717, 1.165) is 16.8 Å². The summed E-state index contributed by atoms with van der Waals surface area (Å²) >= 11 is 0. The van der Waals surface area contributed by atoms with Crippen LogP contribution in [0.1, 0.15) is 23.2 Å². The number of carbonyl (C=O) groups excluding carboxylic acids is 1. The van der Waals surface area contributed by atoms with Crippen LogP contribution in [0.5, 0.6) is 0 Å². The summed E-state index contributed by atoms with van der Waals surface area (Å²) in [6, 6.07) is 13.1. The van der Waals surface area contributed by atoms with E-state index < -0.39 is 6.09 Å². The number of aryl methyl sites for hydroxylation is 1. The molecule has 0 aliphatic carbocycles. The molecule has 0 saturated carbocycles. The predicted octanol–water partition coefficient (Wildman–Crippen LogP) is 2.64. The normalized spacial score (nSPS) is 9.61. The van der Waals surface area contributed by atoms with Crippen molar-refractivity contribution in [2.75, 3.05) is 12.3 Å². The molecule has 0 unspecified atom stereocenters. The maximum Gasteiger partial charge on any atom is 0.407 e. The SMILES string of the molecule is Cc1nc(N)ccc1C#CCCNC(=O)OCc1ccccc1. The molecule has 5 nitrogen and oxygen atoms in total. The van der Waals surface area contributed by atoms with Crippen LogP contribution in [0.15, 0.2) is 42.5 Å². The van der Waals surface area contributed by atoms with Crippen LogP contribution < -0.4 is 11.1 Å². The summed E-state index contributed by atoms with van der Waals surface area (Å²) in [7, 11) is 0. The second kappa shape index (κ2) is 8.44. The molecule has 1 aromatic heterocycles. The number of nitrogens with zero attached hydrogens (tertiary/aromatic N) is 1. The molecule has 0 spiro atoms. The van der Waals surface area contributed by atoms with Gasteiger partial charge in [0.1, 0.15) is 12.4 Å². The van der Waals surface area contributed by atoms with Crippen molar-refractivity contribution < 1.29 is 9.53 Å². The fourth-order valence-electron chi connectivity index (χ4n) is 1.87. The maximum atomic E-state index is 11.5.